The van der Waals surface area contributed by atoms with Crippen LogP contribution in [0.3, 0.4) is 0 Å². The van der Waals surface area contributed by atoms with Gasteiger partial charge < -0.3 is 5.32 Å². The fourth-order valence-corrected chi connectivity index (χ4v) is 2.78. The van der Waals surface area contributed by atoms with E-state index in [1.807, 2.05) is 26.2 Å². The Balaban J connectivity index is 1.89. The van der Waals surface area contributed by atoms with Crippen molar-refractivity contribution in [2.24, 2.45) is 0 Å². The molecule has 5 nitrogen and oxygen atoms in total. The number of thiazole rings is 1. The molecule has 0 bridgehead atoms. The Morgan fingerprint density at radius 2 is 2.05 bits per heavy atom. The van der Waals surface area contributed by atoms with Crippen LogP contribution in [0.15, 0.2) is 18.5 Å². The Morgan fingerprint density at radius 1 is 1.21 bits per heavy atom. The largest absolute Gasteiger partial charge is 0.356 e. The van der Waals surface area contributed by atoms with Crippen LogP contribution in [0.4, 0.5) is 5.13 Å². The van der Waals surface area contributed by atoms with Gasteiger partial charge in [0.25, 0.3) is 0 Å². The van der Waals surface area contributed by atoms with Gasteiger partial charge in [-0.1, -0.05) is 0 Å². The number of anilines is 1. The number of aromatic nitrogens is 4. The van der Waals surface area contributed by atoms with E-state index in [0.717, 1.165) is 28.0 Å². The second-order valence-electron chi connectivity index (χ2n) is 4.55. The highest BCUT2D eigenvalue weighted by Crippen LogP contribution is 2.18. The molecule has 0 saturated carbocycles. The zero-order valence-corrected chi connectivity index (χ0v) is 12.0. The lowest BCUT2D eigenvalue weighted by atomic mass is 10.3. The maximum Gasteiger partial charge on any atom is 0.234 e. The SMILES string of the molecule is Cc1cc(C)n2c(CNc3ncc(C)s3)cnc2n1. The number of fused-ring (bicyclic) bond motifs is 1. The van der Waals surface area contributed by atoms with Crippen LogP contribution in [-0.2, 0) is 6.54 Å². The maximum atomic E-state index is 4.43. The van der Waals surface area contributed by atoms with E-state index in [1.165, 1.54) is 4.88 Å². The summed E-state index contributed by atoms with van der Waals surface area (Å²) < 4.78 is 2.07. The molecule has 0 aliphatic carbocycles. The number of hydrogen-bond acceptors (Lipinski definition) is 5. The van der Waals surface area contributed by atoms with Crippen LogP contribution in [0.25, 0.3) is 5.78 Å². The number of imidazole rings is 1. The minimum atomic E-state index is 0.694. The van der Waals surface area contributed by atoms with E-state index < -0.39 is 0 Å². The van der Waals surface area contributed by atoms with Gasteiger partial charge in [0.1, 0.15) is 0 Å². The van der Waals surface area contributed by atoms with Gasteiger partial charge in [0, 0.05) is 22.5 Å². The Labute approximate surface area is 115 Å². The van der Waals surface area contributed by atoms with Crippen LogP contribution in [0.2, 0.25) is 0 Å². The van der Waals surface area contributed by atoms with Crippen molar-refractivity contribution in [3.63, 3.8) is 0 Å². The van der Waals surface area contributed by atoms with Gasteiger partial charge >= 0.3 is 0 Å². The van der Waals surface area contributed by atoms with Crippen LogP contribution < -0.4 is 5.32 Å². The summed E-state index contributed by atoms with van der Waals surface area (Å²) in [4.78, 5) is 14.3. The molecule has 6 heteroatoms. The highest BCUT2D eigenvalue weighted by Gasteiger charge is 2.08. The summed E-state index contributed by atoms with van der Waals surface area (Å²) in [5.74, 6) is 0.754. The van der Waals surface area contributed by atoms with E-state index in [1.54, 1.807) is 11.3 Å². The van der Waals surface area contributed by atoms with Gasteiger partial charge in [-0.05, 0) is 26.8 Å². The van der Waals surface area contributed by atoms with Crippen molar-refractivity contribution < 1.29 is 0 Å². The molecule has 3 aromatic heterocycles. The summed E-state index contributed by atoms with van der Waals surface area (Å²) in [5, 5.41) is 4.26. The number of hydrogen-bond donors (Lipinski definition) is 1. The van der Waals surface area contributed by atoms with E-state index in [2.05, 4.69) is 37.7 Å². The first-order valence-electron chi connectivity index (χ1n) is 6.10. The second kappa shape index (κ2) is 4.62. The van der Waals surface area contributed by atoms with Crippen LogP contribution in [0, 0.1) is 20.8 Å². The molecule has 0 amide bonds. The highest BCUT2D eigenvalue weighted by molar-refractivity contribution is 7.15. The van der Waals surface area contributed by atoms with Crippen molar-refractivity contribution in [3.8, 4) is 0 Å². The summed E-state index contributed by atoms with van der Waals surface area (Å²) in [6, 6.07) is 2.06. The van der Waals surface area contributed by atoms with E-state index in [-0.39, 0.29) is 0 Å². The number of rotatable bonds is 3. The molecule has 3 aromatic rings. The summed E-state index contributed by atoms with van der Waals surface area (Å²) in [6.07, 6.45) is 3.74. The summed E-state index contributed by atoms with van der Waals surface area (Å²) in [6.45, 7) is 6.80. The Bertz CT molecular complexity index is 728. The monoisotopic (exact) mass is 273 g/mol. The van der Waals surface area contributed by atoms with Crippen molar-refractivity contribution in [1.82, 2.24) is 19.4 Å². The van der Waals surface area contributed by atoms with Crippen molar-refractivity contribution in [2.45, 2.75) is 27.3 Å². The lowest BCUT2D eigenvalue weighted by Crippen LogP contribution is -2.05. The van der Waals surface area contributed by atoms with Crippen molar-refractivity contribution in [1.29, 1.82) is 0 Å². The number of nitrogens with zero attached hydrogens (tertiary/aromatic N) is 4. The Kier molecular flexibility index (Phi) is 2.94. The van der Waals surface area contributed by atoms with E-state index in [0.29, 0.717) is 6.54 Å². The molecular formula is C13H15N5S. The first kappa shape index (κ1) is 12.1. The molecular weight excluding hydrogens is 258 g/mol. The number of nitrogens with one attached hydrogen (secondary N) is 1. The molecule has 0 unspecified atom stereocenters. The van der Waals surface area contributed by atoms with E-state index in [4.69, 9.17) is 0 Å². The second-order valence-corrected chi connectivity index (χ2v) is 5.79. The fourth-order valence-electron chi connectivity index (χ4n) is 2.12. The molecule has 0 radical (unpaired) electrons. The smallest absolute Gasteiger partial charge is 0.234 e. The Morgan fingerprint density at radius 3 is 2.79 bits per heavy atom. The van der Waals surface area contributed by atoms with Crippen molar-refractivity contribution in [2.75, 3.05) is 5.32 Å². The predicted molar refractivity (Wildman–Crippen MR) is 76.6 cm³/mol. The van der Waals surface area contributed by atoms with Gasteiger partial charge in [-0.3, -0.25) is 4.40 Å². The topological polar surface area (TPSA) is 55.1 Å². The van der Waals surface area contributed by atoms with Gasteiger partial charge in [0.2, 0.25) is 5.78 Å². The Hall–Kier alpha value is -1.95. The zero-order chi connectivity index (χ0) is 13.4. The third-order valence-corrected chi connectivity index (χ3v) is 3.78. The number of aryl methyl sites for hydroxylation is 3. The van der Waals surface area contributed by atoms with Crippen LogP contribution in [0.5, 0.6) is 0 Å². The quantitative estimate of drug-likeness (QED) is 0.797. The van der Waals surface area contributed by atoms with Crippen LogP contribution in [-0.4, -0.2) is 19.4 Å². The van der Waals surface area contributed by atoms with Crippen LogP contribution >= 0.6 is 11.3 Å². The first-order valence-corrected chi connectivity index (χ1v) is 6.92. The average molecular weight is 273 g/mol. The lowest BCUT2D eigenvalue weighted by Gasteiger charge is -2.06. The third-order valence-electron chi connectivity index (χ3n) is 2.91. The molecule has 0 spiro atoms. The molecule has 0 atom stereocenters. The van der Waals surface area contributed by atoms with Gasteiger partial charge in [-0.15, -0.1) is 11.3 Å². The molecule has 0 saturated heterocycles. The first-order chi connectivity index (χ1) is 9.13. The van der Waals surface area contributed by atoms with Crippen LogP contribution in [0.1, 0.15) is 22.0 Å². The normalized spacial score (nSPS) is 11.1. The molecule has 0 aliphatic rings. The van der Waals surface area contributed by atoms with Crippen molar-refractivity contribution in [3.05, 3.63) is 40.4 Å². The van der Waals surface area contributed by atoms with Crippen molar-refractivity contribution >= 4 is 22.2 Å². The molecule has 3 heterocycles. The molecule has 0 aliphatic heterocycles. The molecule has 1 N–H and O–H groups in total. The van der Waals surface area contributed by atoms with Gasteiger partial charge in [0.05, 0.1) is 18.4 Å². The third kappa shape index (κ3) is 2.31. The van der Waals surface area contributed by atoms with Gasteiger partial charge in [-0.2, -0.15) is 0 Å². The average Bonchev–Trinajstić information content (AvgIpc) is 2.93. The minimum absolute atomic E-state index is 0.694. The standard InChI is InChI=1S/C13H15N5S/c1-8-4-9(2)18-11(6-14-12(18)17-8)7-16-13-15-5-10(3)19-13/h4-6H,7H2,1-3H3,(H,15,16). The fraction of sp³-hybridized carbons (Fsp3) is 0.308. The lowest BCUT2D eigenvalue weighted by molar-refractivity contribution is 0.935. The van der Waals surface area contributed by atoms with E-state index in [9.17, 15) is 0 Å². The molecule has 98 valence electrons. The highest BCUT2D eigenvalue weighted by atomic mass is 32.1. The van der Waals surface area contributed by atoms with Gasteiger partial charge in [0.15, 0.2) is 5.13 Å². The summed E-state index contributed by atoms with van der Waals surface area (Å²) >= 11 is 1.65. The molecule has 3 rings (SSSR count). The predicted octanol–water partition coefficient (Wildman–Crippen LogP) is 2.72. The van der Waals surface area contributed by atoms with E-state index >= 15 is 0 Å². The molecule has 0 aromatic carbocycles. The maximum absolute atomic E-state index is 4.43. The zero-order valence-electron chi connectivity index (χ0n) is 11.1. The molecule has 0 fully saturated rings. The van der Waals surface area contributed by atoms with Gasteiger partial charge in [-0.25, -0.2) is 15.0 Å². The minimum Gasteiger partial charge on any atom is -0.356 e. The summed E-state index contributed by atoms with van der Waals surface area (Å²) in [7, 11) is 0. The molecule has 19 heavy (non-hydrogen) atoms. The summed E-state index contributed by atoms with van der Waals surface area (Å²) in [5.41, 5.74) is 3.23.